The van der Waals surface area contributed by atoms with Crippen molar-refractivity contribution in [2.24, 2.45) is 0 Å². The average Bonchev–Trinajstić information content (AvgIpc) is 3.50. The van der Waals surface area contributed by atoms with Crippen molar-refractivity contribution in [3.05, 3.63) is 119 Å². The summed E-state index contributed by atoms with van der Waals surface area (Å²) in [4.78, 5) is 0. The molecule has 2 aliphatic rings. The van der Waals surface area contributed by atoms with E-state index in [4.69, 9.17) is 0 Å². The third-order valence-electron chi connectivity index (χ3n) is 6.90. The predicted octanol–water partition coefficient (Wildman–Crippen LogP) is 3.25. The van der Waals surface area contributed by atoms with Crippen LogP contribution in [0.1, 0.15) is 61.8 Å². The van der Waals surface area contributed by atoms with Gasteiger partial charge in [0.15, 0.2) is 0 Å². The van der Waals surface area contributed by atoms with E-state index in [0.29, 0.717) is 0 Å². The molecule has 0 nitrogen and oxygen atoms in total. The zero-order chi connectivity index (χ0) is 25.2. The molecule has 0 aromatic heterocycles. The van der Waals surface area contributed by atoms with Gasteiger partial charge in [-0.15, -0.1) is 11.1 Å². The molecule has 0 saturated carbocycles. The van der Waals surface area contributed by atoms with Crippen molar-refractivity contribution >= 4 is 5.49 Å². The number of hydrogen-bond acceptors (Lipinski definition) is 0. The Morgan fingerprint density at radius 1 is 0.605 bits per heavy atom. The van der Waals surface area contributed by atoms with Gasteiger partial charge in [-0.25, -0.2) is 0 Å². The summed E-state index contributed by atoms with van der Waals surface area (Å²) < 4.78 is 0. The Bertz CT molecular complexity index is 1110. The van der Waals surface area contributed by atoms with Gasteiger partial charge in [-0.2, -0.15) is 59.7 Å². The first-order valence-electron chi connectivity index (χ1n) is 13.4. The minimum atomic E-state index is 0. The quantitative estimate of drug-likeness (QED) is 0.183. The van der Waals surface area contributed by atoms with Crippen LogP contribution in [-0.2, 0) is 35.8 Å². The van der Waals surface area contributed by atoms with Crippen LogP contribution < -0.4 is 24.8 Å². The van der Waals surface area contributed by atoms with Gasteiger partial charge in [-0.3, -0.25) is 0 Å². The van der Waals surface area contributed by atoms with E-state index in [2.05, 4.69) is 98.8 Å². The van der Waals surface area contributed by atoms with Crippen molar-refractivity contribution in [2.45, 2.75) is 64.5 Å². The average molecular weight is 722 g/mol. The molecule has 0 fully saturated rings. The molecule has 0 N–H and O–H groups in total. The standard InChI is InChI=1S/2C13H9.C8H18Si.2ClH.Hf/c2*1-3-7-12-10(5-1)9-11-6-2-4-8-13(11)12;1-3-5-7-9-8-6-4-2;;;/h2*1-5,7-8H,9H2;3-8H2,1-2H3;2*1H;/q2*-1;;;;+2/p-2. The summed E-state index contributed by atoms with van der Waals surface area (Å²) in [7, 11) is 0. The molecule has 0 radical (unpaired) electrons. The van der Waals surface area contributed by atoms with Gasteiger partial charge in [0, 0.05) is 0 Å². The maximum atomic E-state index is 3.30. The van der Waals surface area contributed by atoms with Gasteiger partial charge < -0.3 is 24.8 Å². The first-order chi connectivity index (χ1) is 17.7. The number of fused-ring (bicyclic) bond motifs is 6. The minimum absolute atomic E-state index is 0. The van der Waals surface area contributed by atoms with Crippen LogP contribution in [0.25, 0.3) is 22.3 Å². The van der Waals surface area contributed by atoms with E-state index < -0.39 is 0 Å². The molecule has 2 aliphatic carbocycles. The summed E-state index contributed by atoms with van der Waals surface area (Å²) in [6.07, 6.45) is 7.91. The molecule has 4 heteroatoms. The molecular formula is C34H36Cl2HfSi-2. The molecule has 0 amide bonds. The Hall–Kier alpha value is -1.45. The predicted molar refractivity (Wildman–Crippen MR) is 152 cm³/mol. The van der Waals surface area contributed by atoms with Crippen molar-refractivity contribution in [3.8, 4) is 22.3 Å². The fraction of sp³-hybridized carbons (Fsp3) is 0.294. The van der Waals surface area contributed by atoms with Gasteiger partial charge >= 0.3 is 80.1 Å². The number of unbranched alkanes of at least 4 members (excludes halogenated alkanes) is 2. The molecule has 6 rings (SSSR count). The fourth-order valence-electron chi connectivity index (χ4n) is 4.90. The molecule has 38 heavy (non-hydrogen) atoms. The van der Waals surface area contributed by atoms with E-state index >= 15 is 0 Å². The van der Waals surface area contributed by atoms with E-state index in [1.807, 2.05) is 12.1 Å². The van der Waals surface area contributed by atoms with Crippen LogP contribution in [0, 0.1) is 12.1 Å². The summed E-state index contributed by atoms with van der Waals surface area (Å²) in [5.41, 5.74) is 11.2. The van der Waals surface area contributed by atoms with Gasteiger partial charge in [0.05, 0.1) is 0 Å². The zero-order valence-corrected chi connectivity index (χ0v) is 28.6. The van der Waals surface area contributed by atoms with Gasteiger partial charge in [0.2, 0.25) is 0 Å². The molecule has 4 aromatic rings. The van der Waals surface area contributed by atoms with Gasteiger partial charge in [-0.1, -0.05) is 70.8 Å². The molecule has 0 atom stereocenters. The third-order valence-corrected chi connectivity index (χ3v) is 14.2. The zero-order valence-electron chi connectivity index (χ0n) is 22.5. The second-order valence-corrected chi connectivity index (χ2v) is 19.4. The van der Waals surface area contributed by atoms with Crippen molar-refractivity contribution in [3.63, 3.8) is 0 Å². The van der Waals surface area contributed by atoms with E-state index in [1.54, 1.807) is 12.1 Å². The van der Waals surface area contributed by atoms with Crippen LogP contribution in [0.3, 0.4) is 0 Å². The molecule has 0 heterocycles. The second-order valence-electron chi connectivity index (χ2n) is 9.60. The molecule has 0 spiro atoms. The van der Waals surface area contributed by atoms with Crippen molar-refractivity contribution < 1.29 is 47.8 Å². The van der Waals surface area contributed by atoms with Crippen LogP contribution in [0.15, 0.2) is 84.9 Å². The monoisotopic (exact) mass is 722 g/mol. The fourth-order valence-corrected chi connectivity index (χ4v) is 10.5. The largest absolute Gasteiger partial charge is 1.00 e. The number of rotatable bonds is 6. The van der Waals surface area contributed by atoms with Crippen LogP contribution in [0.2, 0.25) is 12.1 Å². The number of benzene rings is 4. The van der Waals surface area contributed by atoms with E-state index in [-0.39, 0.29) is 30.3 Å². The van der Waals surface area contributed by atoms with Gasteiger partial charge in [0.25, 0.3) is 0 Å². The summed E-state index contributed by atoms with van der Waals surface area (Å²) >= 11 is 1.52. The Labute approximate surface area is 257 Å². The van der Waals surface area contributed by atoms with Crippen LogP contribution in [0.5, 0.6) is 0 Å². The van der Waals surface area contributed by atoms with Gasteiger partial charge in [0.1, 0.15) is 0 Å². The first-order valence-corrected chi connectivity index (χ1v) is 20.7. The normalized spacial score (nSPS) is 11.1. The summed E-state index contributed by atoms with van der Waals surface area (Å²) in [5, 5.41) is 0. The van der Waals surface area contributed by atoms with Crippen LogP contribution >= 0.6 is 0 Å². The molecule has 0 aliphatic heterocycles. The summed E-state index contributed by atoms with van der Waals surface area (Å²) in [6, 6.07) is 39.4. The van der Waals surface area contributed by atoms with Crippen LogP contribution in [-0.4, -0.2) is 5.49 Å². The maximum absolute atomic E-state index is 3.30. The number of hydrogen-bond donors (Lipinski definition) is 0. The SMILES string of the molecule is CCCC[Si](=[Hf+2])CCCC.[Cl-].[Cl-].[c-]1cccc2c1Cc1ccccc1-2.[c-]1cccc2c1Cc1ccccc1-2. The molecule has 0 unspecified atom stereocenters. The second kappa shape index (κ2) is 17.3. The molecular weight excluding hydrogens is 686 g/mol. The molecule has 196 valence electrons. The smallest absolute Gasteiger partial charge is 0.0253 e. The topological polar surface area (TPSA) is 0 Å². The Kier molecular flexibility index (Phi) is 14.9. The van der Waals surface area contributed by atoms with Crippen molar-refractivity contribution in [1.82, 2.24) is 0 Å². The molecule has 0 saturated heterocycles. The van der Waals surface area contributed by atoms with Crippen molar-refractivity contribution in [1.29, 1.82) is 0 Å². The maximum Gasteiger partial charge on any atom is -0.0253 e. The number of halogens is 2. The van der Waals surface area contributed by atoms with E-state index in [9.17, 15) is 0 Å². The molecule has 4 aromatic carbocycles. The first kappa shape index (κ1) is 32.8. The Morgan fingerprint density at radius 3 is 1.42 bits per heavy atom. The summed E-state index contributed by atoms with van der Waals surface area (Å²) in [5.74, 6) is 0. The van der Waals surface area contributed by atoms with E-state index in [0.717, 1.165) is 12.8 Å². The van der Waals surface area contributed by atoms with E-state index in [1.165, 1.54) is 93.2 Å². The van der Waals surface area contributed by atoms with Crippen molar-refractivity contribution in [2.75, 3.05) is 0 Å². The van der Waals surface area contributed by atoms with Gasteiger partial charge in [-0.05, 0) is 12.8 Å². The molecule has 0 bridgehead atoms. The third kappa shape index (κ3) is 8.78. The van der Waals surface area contributed by atoms with Crippen LogP contribution in [0.4, 0.5) is 0 Å². The Balaban J connectivity index is 0.000000198. The summed E-state index contributed by atoms with van der Waals surface area (Å²) in [6.45, 7) is 4.60. The minimum Gasteiger partial charge on any atom is -1.00 e. The Morgan fingerprint density at radius 2 is 1.00 bits per heavy atom.